The Balaban J connectivity index is 1.67. The molecule has 0 heterocycles. The maximum Gasteiger partial charge on any atom is 0.276 e. The van der Waals surface area contributed by atoms with Crippen LogP contribution in [0.25, 0.3) is 0 Å². The van der Waals surface area contributed by atoms with Crippen molar-refractivity contribution in [1.82, 2.24) is 10.9 Å². The molecule has 2 rings (SSSR count). The molecule has 2 aromatic carbocycles. The summed E-state index contributed by atoms with van der Waals surface area (Å²) in [5.74, 6) is 0.317. The number of nitrogens with one attached hydrogen (secondary N) is 2. The van der Waals surface area contributed by atoms with Gasteiger partial charge in [-0.2, -0.15) is 0 Å². The highest BCUT2D eigenvalue weighted by atomic mass is 16.5. The van der Waals surface area contributed by atoms with Crippen LogP contribution >= 0.6 is 0 Å². The second-order valence-corrected chi connectivity index (χ2v) is 6.39. The van der Waals surface area contributed by atoms with Crippen molar-refractivity contribution in [1.29, 1.82) is 0 Å². The maximum absolute atomic E-state index is 11.8. The molecular formula is C21H26N2O4. The zero-order chi connectivity index (χ0) is 19.6. The van der Waals surface area contributed by atoms with Gasteiger partial charge in [0.15, 0.2) is 13.2 Å². The summed E-state index contributed by atoms with van der Waals surface area (Å²) >= 11 is 0. The molecule has 0 atom stereocenters. The number of benzene rings is 2. The van der Waals surface area contributed by atoms with E-state index in [1.165, 1.54) is 5.56 Å². The number of aryl methyl sites for hydroxylation is 3. The third-order valence-electron chi connectivity index (χ3n) is 3.74. The summed E-state index contributed by atoms with van der Waals surface area (Å²) < 4.78 is 10.8. The van der Waals surface area contributed by atoms with Crippen LogP contribution in [0.1, 0.15) is 30.0 Å². The largest absolute Gasteiger partial charge is 0.484 e. The van der Waals surface area contributed by atoms with Crippen LogP contribution in [0.4, 0.5) is 0 Å². The predicted octanol–water partition coefficient (Wildman–Crippen LogP) is 2.86. The van der Waals surface area contributed by atoms with Gasteiger partial charge >= 0.3 is 0 Å². The molecule has 0 fully saturated rings. The monoisotopic (exact) mass is 370 g/mol. The Hall–Kier alpha value is -3.02. The highest BCUT2D eigenvalue weighted by molar-refractivity contribution is 5.83. The molecule has 0 saturated carbocycles. The van der Waals surface area contributed by atoms with Crippen LogP contribution in [-0.2, 0) is 16.0 Å². The van der Waals surface area contributed by atoms with Crippen molar-refractivity contribution in [2.75, 3.05) is 13.2 Å². The smallest absolute Gasteiger partial charge is 0.276 e. The van der Waals surface area contributed by atoms with E-state index in [2.05, 4.69) is 17.8 Å². The van der Waals surface area contributed by atoms with E-state index in [0.29, 0.717) is 11.5 Å². The molecule has 0 aliphatic heterocycles. The minimum absolute atomic E-state index is 0.189. The Morgan fingerprint density at radius 3 is 1.85 bits per heavy atom. The van der Waals surface area contributed by atoms with Gasteiger partial charge in [-0.05, 0) is 61.2 Å². The first kappa shape index (κ1) is 20.3. The molecule has 6 heteroatoms. The topological polar surface area (TPSA) is 76.7 Å². The van der Waals surface area contributed by atoms with E-state index in [1.54, 1.807) is 0 Å². The van der Waals surface area contributed by atoms with E-state index in [4.69, 9.17) is 9.47 Å². The third kappa shape index (κ3) is 7.40. The van der Waals surface area contributed by atoms with Crippen molar-refractivity contribution in [2.45, 2.75) is 33.6 Å². The van der Waals surface area contributed by atoms with E-state index < -0.39 is 11.8 Å². The molecule has 0 aromatic heterocycles. The lowest BCUT2D eigenvalue weighted by atomic mass is 10.1. The normalized spacial score (nSPS) is 10.2. The van der Waals surface area contributed by atoms with Crippen molar-refractivity contribution in [3.63, 3.8) is 0 Å². The highest BCUT2D eigenvalue weighted by Gasteiger charge is 2.07. The molecule has 2 N–H and O–H groups in total. The van der Waals surface area contributed by atoms with Crippen molar-refractivity contribution >= 4 is 11.8 Å². The van der Waals surface area contributed by atoms with Crippen LogP contribution in [0.2, 0.25) is 0 Å². The first-order valence-electron chi connectivity index (χ1n) is 8.97. The molecule has 0 bridgehead atoms. The summed E-state index contributed by atoms with van der Waals surface area (Å²) in [4.78, 5) is 23.5. The molecule has 0 aliphatic rings. The summed E-state index contributed by atoms with van der Waals surface area (Å²) in [5, 5.41) is 0. The fourth-order valence-corrected chi connectivity index (χ4v) is 2.57. The fraction of sp³-hybridized carbons (Fsp3) is 0.333. The fourth-order valence-electron chi connectivity index (χ4n) is 2.57. The average Bonchev–Trinajstić information content (AvgIpc) is 2.63. The van der Waals surface area contributed by atoms with Crippen molar-refractivity contribution in [2.24, 2.45) is 0 Å². The Morgan fingerprint density at radius 1 is 0.815 bits per heavy atom. The zero-order valence-corrected chi connectivity index (χ0v) is 16.0. The first-order valence-corrected chi connectivity index (χ1v) is 8.97. The lowest BCUT2D eigenvalue weighted by Crippen LogP contribution is -2.45. The number of carbonyl (C=O) groups excluding carboxylic acids is 2. The molecule has 2 aromatic rings. The van der Waals surface area contributed by atoms with Crippen LogP contribution in [0.15, 0.2) is 42.5 Å². The van der Waals surface area contributed by atoms with Crippen molar-refractivity contribution < 1.29 is 19.1 Å². The Kier molecular flexibility index (Phi) is 7.67. The van der Waals surface area contributed by atoms with E-state index in [0.717, 1.165) is 24.0 Å². The first-order chi connectivity index (χ1) is 13.0. The third-order valence-corrected chi connectivity index (χ3v) is 3.74. The molecule has 0 unspecified atom stereocenters. The number of hydrazine groups is 1. The van der Waals surface area contributed by atoms with Gasteiger partial charge in [0.05, 0.1) is 0 Å². The van der Waals surface area contributed by atoms with Gasteiger partial charge in [-0.3, -0.25) is 20.4 Å². The Labute approximate surface area is 159 Å². The number of hydrogen-bond donors (Lipinski definition) is 2. The summed E-state index contributed by atoms with van der Waals surface area (Å²) in [6.45, 7) is 5.65. The van der Waals surface area contributed by atoms with Crippen LogP contribution in [-0.4, -0.2) is 25.0 Å². The summed E-state index contributed by atoms with van der Waals surface area (Å²) in [5.41, 5.74) is 7.94. The van der Waals surface area contributed by atoms with Crippen LogP contribution in [0.5, 0.6) is 11.5 Å². The molecule has 0 spiro atoms. The lowest BCUT2D eigenvalue weighted by molar-refractivity contribution is -0.131. The molecule has 0 saturated heterocycles. The van der Waals surface area contributed by atoms with Gasteiger partial charge in [0.1, 0.15) is 11.5 Å². The second-order valence-electron chi connectivity index (χ2n) is 6.39. The van der Waals surface area contributed by atoms with Crippen LogP contribution in [0, 0.1) is 13.8 Å². The number of amides is 2. The Morgan fingerprint density at radius 2 is 1.33 bits per heavy atom. The summed E-state index contributed by atoms with van der Waals surface area (Å²) in [6.07, 6.45) is 2.09. The van der Waals surface area contributed by atoms with Crippen LogP contribution < -0.4 is 20.3 Å². The predicted molar refractivity (Wildman–Crippen MR) is 104 cm³/mol. The number of ether oxygens (including phenoxy) is 2. The average molecular weight is 370 g/mol. The summed E-state index contributed by atoms with van der Waals surface area (Å²) in [6, 6.07) is 13.3. The van der Waals surface area contributed by atoms with E-state index >= 15 is 0 Å². The van der Waals surface area contributed by atoms with Gasteiger partial charge < -0.3 is 9.47 Å². The van der Waals surface area contributed by atoms with Crippen molar-refractivity contribution in [3.8, 4) is 11.5 Å². The van der Waals surface area contributed by atoms with E-state index in [1.807, 2.05) is 56.3 Å². The molecule has 27 heavy (non-hydrogen) atoms. The highest BCUT2D eigenvalue weighted by Crippen LogP contribution is 2.16. The maximum atomic E-state index is 11.8. The molecule has 6 nitrogen and oxygen atoms in total. The number of rotatable bonds is 8. The van der Waals surface area contributed by atoms with Crippen LogP contribution in [0.3, 0.4) is 0 Å². The molecule has 144 valence electrons. The number of carbonyl (C=O) groups is 2. The minimum Gasteiger partial charge on any atom is -0.484 e. The van der Waals surface area contributed by atoms with Gasteiger partial charge in [0.25, 0.3) is 11.8 Å². The van der Waals surface area contributed by atoms with Gasteiger partial charge in [-0.15, -0.1) is 0 Å². The van der Waals surface area contributed by atoms with E-state index in [9.17, 15) is 9.59 Å². The number of hydrogen-bond acceptors (Lipinski definition) is 4. The standard InChI is InChI=1S/C21H26N2O4/c1-4-5-17-6-8-18(9-7-17)26-13-20(24)22-23-21(25)14-27-19-11-15(2)10-16(3)12-19/h6-12H,4-5,13-14H2,1-3H3,(H,22,24)(H,23,25). The summed E-state index contributed by atoms with van der Waals surface area (Å²) in [7, 11) is 0. The Bertz CT molecular complexity index is 752. The quantitative estimate of drug-likeness (QED) is 0.701. The molecule has 0 radical (unpaired) electrons. The van der Waals surface area contributed by atoms with Gasteiger partial charge in [0.2, 0.25) is 0 Å². The van der Waals surface area contributed by atoms with Gasteiger partial charge in [-0.1, -0.05) is 31.5 Å². The van der Waals surface area contributed by atoms with Gasteiger partial charge in [-0.25, -0.2) is 0 Å². The SMILES string of the molecule is CCCc1ccc(OCC(=O)NNC(=O)COc2cc(C)cc(C)c2)cc1. The van der Waals surface area contributed by atoms with E-state index in [-0.39, 0.29) is 13.2 Å². The minimum atomic E-state index is -0.452. The molecule has 2 amide bonds. The second kappa shape index (κ2) is 10.2. The molecule has 0 aliphatic carbocycles. The molecular weight excluding hydrogens is 344 g/mol. The lowest BCUT2D eigenvalue weighted by Gasteiger charge is -2.10. The van der Waals surface area contributed by atoms with Crippen molar-refractivity contribution in [3.05, 3.63) is 59.2 Å². The zero-order valence-electron chi connectivity index (χ0n) is 16.0. The van der Waals surface area contributed by atoms with Gasteiger partial charge in [0, 0.05) is 0 Å².